The van der Waals surface area contributed by atoms with Gasteiger partial charge in [0.1, 0.15) is 11.6 Å². The highest BCUT2D eigenvalue weighted by atomic mass is 16.5. The molecule has 8 bridgehead atoms. The largest absolute Gasteiger partial charge is 0.422 e. The highest BCUT2D eigenvalue weighted by Gasteiger charge is 2.56. The number of rotatable bonds is 7. The molecule has 0 unspecified atom stereocenters. The van der Waals surface area contributed by atoms with Crippen molar-refractivity contribution in [2.24, 2.45) is 35.5 Å². The lowest BCUT2D eigenvalue weighted by molar-refractivity contribution is -0.0161. The average Bonchev–Trinajstić information content (AvgIpc) is 3.26. The van der Waals surface area contributed by atoms with Crippen molar-refractivity contribution >= 4 is 17.1 Å². The molecule has 0 radical (unpaired) electrons. The van der Waals surface area contributed by atoms with E-state index in [0.29, 0.717) is 6.01 Å². The summed E-state index contributed by atoms with van der Waals surface area (Å²) in [7, 11) is 0. The molecule has 0 saturated heterocycles. The van der Waals surface area contributed by atoms with E-state index < -0.39 is 0 Å². The topological polar surface area (TPSA) is 51.1 Å². The van der Waals surface area contributed by atoms with Crippen LogP contribution in [0.5, 0.6) is 11.8 Å². The van der Waals surface area contributed by atoms with E-state index in [1.807, 2.05) is 0 Å². The third kappa shape index (κ3) is 5.81. The fraction of sp³-hybridized carbons (Fsp3) is 0.411. The van der Waals surface area contributed by atoms with Crippen molar-refractivity contribution in [1.29, 1.82) is 0 Å². The molecule has 6 aromatic rings. The first-order valence-electron chi connectivity index (χ1n) is 23.5. The Balaban J connectivity index is 0.960. The molecule has 8 fully saturated rings. The Labute approximate surface area is 361 Å². The minimum Gasteiger partial charge on any atom is -0.422 e. The molecular weight excluding hydrogens is 745 g/mol. The molecule has 306 valence electrons. The van der Waals surface area contributed by atoms with E-state index in [4.69, 9.17) is 19.7 Å². The fourth-order valence-electron chi connectivity index (χ4n) is 15.1. The SMILES string of the molecule is CC1(C)c2cc(-c3ccccc3)ccc2N(c2ccccc2Oc2nc(C34CC5CC(CC(C5)C3)C4)nc(C34CC5CC(CC(C5)C3)C4)n2)c2ccc(-c3ccccc3)cc21. The van der Waals surface area contributed by atoms with E-state index in [1.165, 1.54) is 122 Å². The molecule has 61 heavy (non-hydrogen) atoms. The molecule has 1 aromatic heterocycles. The molecule has 8 saturated carbocycles. The van der Waals surface area contributed by atoms with Crippen LogP contribution in [0, 0.1) is 35.5 Å². The summed E-state index contributed by atoms with van der Waals surface area (Å²) in [5.41, 5.74) is 10.6. The molecule has 5 aromatic carbocycles. The van der Waals surface area contributed by atoms with Gasteiger partial charge >= 0.3 is 6.01 Å². The predicted octanol–water partition coefficient (Wildman–Crippen LogP) is 14.0. The van der Waals surface area contributed by atoms with E-state index >= 15 is 0 Å². The number of fused-ring (bicyclic) bond motifs is 2. The van der Waals surface area contributed by atoms with Crippen molar-refractivity contribution in [2.45, 2.75) is 107 Å². The molecule has 5 heteroatoms. The molecule has 0 spiro atoms. The van der Waals surface area contributed by atoms with Crippen LogP contribution in [0.3, 0.4) is 0 Å². The van der Waals surface area contributed by atoms with Gasteiger partial charge in [-0.1, -0.05) is 98.8 Å². The van der Waals surface area contributed by atoms with E-state index in [2.05, 4.69) is 140 Å². The molecule has 5 nitrogen and oxygen atoms in total. The highest BCUT2D eigenvalue weighted by molar-refractivity contribution is 5.90. The van der Waals surface area contributed by atoms with Gasteiger partial charge in [0.2, 0.25) is 0 Å². The first-order valence-corrected chi connectivity index (χ1v) is 23.5. The zero-order valence-electron chi connectivity index (χ0n) is 35.7. The second kappa shape index (κ2) is 13.4. The number of anilines is 3. The number of benzene rings is 5. The molecule has 0 amide bonds. The van der Waals surface area contributed by atoms with Crippen molar-refractivity contribution in [3.63, 3.8) is 0 Å². The lowest BCUT2D eigenvalue weighted by Crippen LogP contribution is -2.51. The Morgan fingerprint density at radius 2 is 0.852 bits per heavy atom. The Bertz CT molecular complexity index is 2460. The third-order valence-corrected chi connectivity index (χ3v) is 17.0. The average molecular weight is 801 g/mol. The maximum atomic E-state index is 7.23. The Morgan fingerprint density at radius 1 is 0.443 bits per heavy atom. The molecule has 9 aliphatic rings. The van der Waals surface area contributed by atoms with Gasteiger partial charge in [0.05, 0.1) is 17.1 Å². The Kier molecular flexibility index (Phi) is 7.96. The second-order valence-electron chi connectivity index (χ2n) is 21.4. The van der Waals surface area contributed by atoms with Gasteiger partial charge in [0, 0.05) is 16.2 Å². The molecule has 8 aliphatic carbocycles. The van der Waals surface area contributed by atoms with E-state index in [1.54, 1.807) is 0 Å². The van der Waals surface area contributed by atoms with Crippen LogP contribution < -0.4 is 9.64 Å². The van der Waals surface area contributed by atoms with Crippen molar-refractivity contribution in [3.05, 3.63) is 144 Å². The van der Waals surface area contributed by atoms with Gasteiger partial charge in [-0.2, -0.15) is 9.97 Å². The molecule has 2 heterocycles. The lowest BCUT2D eigenvalue weighted by Gasteiger charge is -2.57. The Morgan fingerprint density at radius 3 is 1.30 bits per heavy atom. The van der Waals surface area contributed by atoms with E-state index in [0.717, 1.165) is 58.6 Å². The number of ether oxygens (including phenoxy) is 1. The van der Waals surface area contributed by atoms with Crippen LogP contribution >= 0.6 is 0 Å². The van der Waals surface area contributed by atoms with Crippen LogP contribution in [0.25, 0.3) is 22.3 Å². The van der Waals surface area contributed by atoms with Crippen molar-refractivity contribution in [3.8, 4) is 34.0 Å². The second-order valence-corrected chi connectivity index (χ2v) is 21.4. The standard InChI is InChI=1S/C56H56N4O/c1-54(2)45-27-43(41-11-5-3-6-12-41)17-19-47(45)60(48-20-18-44(28-46(48)54)42-13-7-4-8-14-42)49-15-9-10-16-50(49)61-53-58-51(55-29-35-21-36(30-55)23-37(22-35)31-55)57-52(59-53)56-32-38-24-39(33-56)26-40(25-38)34-56/h3-20,27-28,35-40H,21-26,29-34H2,1-2H3. The van der Waals surface area contributed by atoms with Crippen LogP contribution in [0.2, 0.25) is 0 Å². The van der Waals surface area contributed by atoms with Gasteiger partial charge < -0.3 is 9.64 Å². The zero-order chi connectivity index (χ0) is 40.5. The van der Waals surface area contributed by atoms with Gasteiger partial charge in [-0.05, 0) is 182 Å². The summed E-state index contributed by atoms with van der Waals surface area (Å²) in [4.78, 5) is 19.1. The van der Waals surface area contributed by atoms with E-state index in [-0.39, 0.29) is 16.2 Å². The zero-order valence-corrected chi connectivity index (χ0v) is 35.7. The summed E-state index contributed by atoms with van der Waals surface area (Å²) in [6.45, 7) is 4.77. The third-order valence-electron chi connectivity index (χ3n) is 17.0. The summed E-state index contributed by atoms with van der Waals surface area (Å²) >= 11 is 0. The number of para-hydroxylation sites is 2. The highest BCUT2D eigenvalue weighted by Crippen LogP contribution is 2.63. The molecule has 0 atom stereocenters. The normalized spacial score (nSPS) is 30.9. The molecule has 1 aliphatic heterocycles. The van der Waals surface area contributed by atoms with Gasteiger partial charge in [-0.25, -0.2) is 4.98 Å². The van der Waals surface area contributed by atoms with Crippen LogP contribution in [-0.4, -0.2) is 15.0 Å². The summed E-state index contributed by atoms with van der Waals surface area (Å²) in [6.07, 6.45) is 15.8. The van der Waals surface area contributed by atoms with Crippen molar-refractivity contribution in [2.75, 3.05) is 4.90 Å². The predicted molar refractivity (Wildman–Crippen MR) is 244 cm³/mol. The summed E-state index contributed by atoms with van der Waals surface area (Å²) < 4.78 is 7.23. The van der Waals surface area contributed by atoms with Crippen LogP contribution in [0.1, 0.15) is 114 Å². The number of hydrogen-bond donors (Lipinski definition) is 0. The van der Waals surface area contributed by atoms with Gasteiger partial charge in [-0.3, -0.25) is 0 Å². The molecular formula is C56H56N4O. The lowest BCUT2D eigenvalue weighted by atomic mass is 9.49. The fourth-order valence-corrected chi connectivity index (χ4v) is 15.1. The Hall–Kier alpha value is -5.29. The quantitative estimate of drug-likeness (QED) is 0.161. The minimum atomic E-state index is -0.277. The summed E-state index contributed by atoms with van der Waals surface area (Å²) in [6, 6.07) is 44.7. The first-order chi connectivity index (χ1) is 29.8. The van der Waals surface area contributed by atoms with Crippen LogP contribution in [0.4, 0.5) is 17.1 Å². The first kappa shape index (κ1) is 36.4. The van der Waals surface area contributed by atoms with Gasteiger partial charge in [0.25, 0.3) is 0 Å². The van der Waals surface area contributed by atoms with Crippen molar-refractivity contribution < 1.29 is 4.74 Å². The number of nitrogens with zero attached hydrogens (tertiary/aromatic N) is 4. The summed E-state index contributed by atoms with van der Waals surface area (Å²) in [5, 5.41) is 0. The smallest absolute Gasteiger partial charge is 0.325 e. The number of aromatic nitrogens is 3. The van der Waals surface area contributed by atoms with Gasteiger partial charge in [0.15, 0.2) is 5.75 Å². The van der Waals surface area contributed by atoms with Crippen LogP contribution in [-0.2, 0) is 16.2 Å². The monoisotopic (exact) mass is 800 g/mol. The summed E-state index contributed by atoms with van der Waals surface area (Å²) in [5.74, 6) is 7.74. The maximum absolute atomic E-state index is 7.23. The number of hydrogen-bond acceptors (Lipinski definition) is 5. The minimum absolute atomic E-state index is 0.0512. The van der Waals surface area contributed by atoms with Crippen LogP contribution in [0.15, 0.2) is 121 Å². The van der Waals surface area contributed by atoms with Gasteiger partial charge in [-0.15, -0.1) is 0 Å². The van der Waals surface area contributed by atoms with Crippen molar-refractivity contribution in [1.82, 2.24) is 15.0 Å². The molecule has 0 N–H and O–H groups in total. The maximum Gasteiger partial charge on any atom is 0.325 e. The molecule has 15 rings (SSSR count). The van der Waals surface area contributed by atoms with E-state index in [9.17, 15) is 0 Å².